The SMILES string of the molecule is Cc1oc(C=O)cc1-c1ccccc1Br. The number of hydrogen-bond acceptors (Lipinski definition) is 2. The largest absolute Gasteiger partial charge is 0.458 e. The molecule has 0 spiro atoms. The normalized spacial score (nSPS) is 10.3. The van der Waals surface area contributed by atoms with Crippen LogP contribution >= 0.6 is 15.9 Å². The van der Waals surface area contributed by atoms with E-state index in [1.165, 1.54) is 0 Å². The molecule has 1 aromatic heterocycles. The van der Waals surface area contributed by atoms with Crippen LogP contribution in [0.4, 0.5) is 0 Å². The van der Waals surface area contributed by atoms with Crippen molar-refractivity contribution >= 4 is 22.2 Å². The zero-order valence-electron chi connectivity index (χ0n) is 8.16. The molecule has 0 N–H and O–H groups in total. The lowest BCUT2D eigenvalue weighted by Gasteiger charge is -2.01. The standard InChI is InChI=1S/C12H9BrO2/c1-8-11(6-9(7-14)15-8)10-4-2-3-5-12(10)13/h2-7H,1H3. The summed E-state index contributed by atoms with van der Waals surface area (Å²) < 4.78 is 6.28. The Hall–Kier alpha value is -1.35. The molecular formula is C12H9BrO2. The highest BCUT2D eigenvalue weighted by Crippen LogP contribution is 2.31. The lowest BCUT2D eigenvalue weighted by Crippen LogP contribution is -1.78. The Morgan fingerprint density at radius 2 is 2.00 bits per heavy atom. The number of benzene rings is 1. The van der Waals surface area contributed by atoms with E-state index in [9.17, 15) is 4.79 Å². The topological polar surface area (TPSA) is 30.2 Å². The Morgan fingerprint density at radius 3 is 2.60 bits per heavy atom. The molecule has 0 fully saturated rings. The quantitative estimate of drug-likeness (QED) is 0.772. The molecule has 2 nitrogen and oxygen atoms in total. The maximum absolute atomic E-state index is 10.6. The first kappa shape index (κ1) is 10.2. The third-order valence-electron chi connectivity index (χ3n) is 2.22. The Balaban J connectivity index is 2.58. The van der Waals surface area contributed by atoms with Gasteiger partial charge in [-0.1, -0.05) is 34.1 Å². The predicted octanol–water partition coefficient (Wildman–Crippen LogP) is 3.83. The van der Waals surface area contributed by atoms with Crippen molar-refractivity contribution in [2.45, 2.75) is 6.92 Å². The van der Waals surface area contributed by atoms with E-state index in [1.54, 1.807) is 6.07 Å². The van der Waals surface area contributed by atoms with E-state index >= 15 is 0 Å². The van der Waals surface area contributed by atoms with Crippen LogP contribution in [-0.2, 0) is 0 Å². The van der Waals surface area contributed by atoms with Gasteiger partial charge in [-0.15, -0.1) is 0 Å². The van der Waals surface area contributed by atoms with Crippen molar-refractivity contribution in [2.75, 3.05) is 0 Å². The number of aldehydes is 1. The molecule has 1 aromatic carbocycles. The fourth-order valence-electron chi connectivity index (χ4n) is 1.51. The van der Waals surface area contributed by atoms with E-state index < -0.39 is 0 Å². The molecule has 0 radical (unpaired) electrons. The van der Waals surface area contributed by atoms with Crippen LogP contribution in [0.15, 0.2) is 39.2 Å². The molecule has 0 unspecified atom stereocenters. The number of furan rings is 1. The molecular weight excluding hydrogens is 256 g/mol. The second-order valence-electron chi connectivity index (χ2n) is 3.22. The molecule has 0 saturated heterocycles. The van der Waals surface area contributed by atoms with Gasteiger partial charge >= 0.3 is 0 Å². The summed E-state index contributed by atoms with van der Waals surface area (Å²) in [5.74, 6) is 1.11. The number of hydrogen-bond donors (Lipinski definition) is 0. The predicted molar refractivity (Wildman–Crippen MR) is 62.0 cm³/mol. The maximum atomic E-state index is 10.6. The summed E-state index contributed by atoms with van der Waals surface area (Å²) in [6, 6.07) is 9.60. The average Bonchev–Trinajstić information content (AvgIpc) is 2.60. The molecule has 0 aliphatic carbocycles. The summed E-state index contributed by atoms with van der Waals surface area (Å²) in [5, 5.41) is 0. The van der Waals surface area contributed by atoms with Gasteiger partial charge in [0.2, 0.25) is 0 Å². The van der Waals surface area contributed by atoms with Crippen molar-refractivity contribution in [1.29, 1.82) is 0 Å². The minimum atomic E-state index is 0.359. The molecule has 0 amide bonds. The molecule has 0 saturated carbocycles. The van der Waals surface area contributed by atoms with E-state index in [1.807, 2.05) is 31.2 Å². The zero-order chi connectivity index (χ0) is 10.8. The van der Waals surface area contributed by atoms with E-state index in [2.05, 4.69) is 15.9 Å². The van der Waals surface area contributed by atoms with Gasteiger partial charge in [-0.2, -0.15) is 0 Å². The van der Waals surface area contributed by atoms with E-state index in [0.29, 0.717) is 12.0 Å². The Labute approximate surface area is 96.0 Å². The first-order valence-electron chi connectivity index (χ1n) is 4.53. The molecule has 2 rings (SSSR count). The van der Waals surface area contributed by atoms with Crippen LogP contribution in [0.2, 0.25) is 0 Å². The van der Waals surface area contributed by atoms with Crippen LogP contribution in [0.3, 0.4) is 0 Å². The van der Waals surface area contributed by atoms with Crippen LogP contribution < -0.4 is 0 Å². The smallest absolute Gasteiger partial charge is 0.185 e. The highest BCUT2D eigenvalue weighted by Gasteiger charge is 2.10. The summed E-state index contributed by atoms with van der Waals surface area (Å²) in [6.07, 6.45) is 0.716. The van der Waals surface area contributed by atoms with Crippen molar-refractivity contribution in [3.05, 3.63) is 46.3 Å². The third-order valence-corrected chi connectivity index (χ3v) is 2.91. The highest BCUT2D eigenvalue weighted by molar-refractivity contribution is 9.10. The number of aryl methyl sites for hydroxylation is 1. The average molecular weight is 265 g/mol. The Morgan fingerprint density at radius 1 is 1.27 bits per heavy atom. The van der Waals surface area contributed by atoms with Crippen LogP contribution in [-0.4, -0.2) is 6.29 Å². The van der Waals surface area contributed by atoms with Gasteiger partial charge in [0.1, 0.15) is 5.76 Å². The summed E-state index contributed by atoms with van der Waals surface area (Å²) >= 11 is 3.47. The molecule has 76 valence electrons. The second kappa shape index (κ2) is 4.03. The second-order valence-corrected chi connectivity index (χ2v) is 4.07. The van der Waals surface area contributed by atoms with Crippen molar-refractivity contribution < 1.29 is 9.21 Å². The first-order chi connectivity index (χ1) is 7.22. The van der Waals surface area contributed by atoms with Crippen LogP contribution in [0.5, 0.6) is 0 Å². The van der Waals surface area contributed by atoms with Crippen molar-refractivity contribution in [1.82, 2.24) is 0 Å². The van der Waals surface area contributed by atoms with Crippen LogP contribution in [0.25, 0.3) is 11.1 Å². The molecule has 1 heterocycles. The van der Waals surface area contributed by atoms with E-state index in [4.69, 9.17) is 4.42 Å². The summed E-state index contributed by atoms with van der Waals surface area (Å²) in [7, 11) is 0. The van der Waals surface area contributed by atoms with Gasteiger partial charge in [0.05, 0.1) is 0 Å². The number of carbonyl (C=O) groups excluding carboxylic acids is 1. The monoisotopic (exact) mass is 264 g/mol. The van der Waals surface area contributed by atoms with Gasteiger partial charge in [0.15, 0.2) is 12.0 Å². The molecule has 3 heteroatoms. The molecule has 2 aromatic rings. The van der Waals surface area contributed by atoms with Gasteiger partial charge in [-0.3, -0.25) is 4.79 Å². The van der Waals surface area contributed by atoms with Crippen molar-refractivity contribution in [2.24, 2.45) is 0 Å². The van der Waals surface area contributed by atoms with Gasteiger partial charge < -0.3 is 4.42 Å². The van der Waals surface area contributed by atoms with E-state index in [-0.39, 0.29) is 0 Å². The Bertz CT molecular complexity index is 500. The number of carbonyl (C=O) groups is 1. The molecule has 0 atom stereocenters. The zero-order valence-corrected chi connectivity index (χ0v) is 9.74. The van der Waals surface area contributed by atoms with Crippen molar-refractivity contribution in [3.8, 4) is 11.1 Å². The minimum Gasteiger partial charge on any atom is -0.458 e. The molecule has 0 aliphatic rings. The Kier molecular flexibility index (Phi) is 2.73. The minimum absolute atomic E-state index is 0.359. The molecule has 0 aliphatic heterocycles. The summed E-state index contributed by atoms with van der Waals surface area (Å²) in [4.78, 5) is 10.6. The fraction of sp³-hybridized carbons (Fsp3) is 0.0833. The molecule has 0 bridgehead atoms. The molecule has 15 heavy (non-hydrogen) atoms. The van der Waals surface area contributed by atoms with Crippen LogP contribution in [0.1, 0.15) is 16.3 Å². The number of halogens is 1. The van der Waals surface area contributed by atoms with Gasteiger partial charge in [0, 0.05) is 10.0 Å². The maximum Gasteiger partial charge on any atom is 0.185 e. The van der Waals surface area contributed by atoms with Crippen LogP contribution in [0, 0.1) is 6.92 Å². The van der Waals surface area contributed by atoms with Gasteiger partial charge in [0.25, 0.3) is 0 Å². The third kappa shape index (κ3) is 1.88. The van der Waals surface area contributed by atoms with Gasteiger partial charge in [-0.05, 0) is 24.6 Å². The lowest BCUT2D eigenvalue weighted by atomic mass is 10.1. The van der Waals surface area contributed by atoms with Crippen molar-refractivity contribution in [3.63, 3.8) is 0 Å². The first-order valence-corrected chi connectivity index (χ1v) is 5.32. The summed E-state index contributed by atoms with van der Waals surface area (Å²) in [5.41, 5.74) is 1.98. The summed E-state index contributed by atoms with van der Waals surface area (Å²) in [6.45, 7) is 1.85. The number of rotatable bonds is 2. The van der Waals surface area contributed by atoms with Gasteiger partial charge in [-0.25, -0.2) is 0 Å². The lowest BCUT2D eigenvalue weighted by molar-refractivity contribution is 0.109. The van der Waals surface area contributed by atoms with E-state index in [0.717, 1.165) is 21.4 Å². The highest BCUT2D eigenvalue weighted by atomic mass is 79.9. The fourth-order valence-corrected chi connectivity index (χ4v) is 2.01.